The highest BCUT2D eigenvalue weighted by Crippen LogP contribution is 2.15. The number of hydrogen-bond donors (Lipinski definition) is 0. The van der Waals surface area contributed by atoms with Crippen molar-refractivity contribution in [2.45, 2.75) is 6.92 Å². The topological polar surface area (TPSA) is 38.8 Å². The SMILES string of the molecule is COCCN(CCOC)CC(=O)c1ccc(C)s1. The molecule has 0 aliphatic rings. The molecular formula is C13H21NO3S. The first-order valence-electron chi connectivity index (χ1n) is 5.97. The lowest BCUT2D eigenvalue weighted by molar-refractivity contribution is 0.0840. The number of thiophene rings is 1. The van der Waals surface area contributed by atoms with Crippen molar-refractivity contribution in [1.29, 1.82) is 0 Å². The van der Waals surface area contributed by atoms with Crippen LogP contribution in [-0.4, -0.2) is 57.8 Å². The summed E-state index contributed by atoms with van der Waals surface area (Å²) >= 11 is 1.55. The van der Waals surface area contributed by atoms with Crippen LogP contribution in [0.4, 0.5) is 0 Å². The van der Waals surface area contributed by atoms with E-state index in [1.54, 1.807) is 25.6 Å². The Labute approximate surface area is 113 Å². The largest absolute Gasteiger partial charge is 0.383 e. The van der Waals surface area contributed by atoms with E-state index in [4.69, 9.17) is 9.47 Å². The van der Waals surface area contributed by atoms with Gasteiger partial charge >= 0.3 is 0 Å². The van der Waals surface area contributed by atoms with Crippen LogP contribution < -0.4 is 0 Å². The Balaban J connectivity index is 2.50. The number of hydrogen-bond acceptors (Lipinski definition) is 5. The smallest absolute Gasteiger partial charge is 0.186 e. The van der Waals surface area contributed by atoms with Gasteiger partial charge in [-0.2, -0.15) is 0 Å². The molecule has 18 heavy (non-hydrogen) atoms. The number of carbonyl (C=O) groups excluding carboxylic acids is 1. The Morgan fingerprint density at radius 3 is 2.28 bits per heavy atom. The van der Waals surface area contributed by atoms with Gasteiger partial charge in [-0.05, 0) is 19.1 Å². The molecule has 0 aromatic carbocycles. The van der Waals surface area contributed by atoms with E-state index in [0.29, 0.717) is 19.8 Å². The van der Waals surface area contributed by atoms with Gasteiger partial charge in [-0.1, -0.05) is 0 Å². The van der Waals surface area contributed by atoms with Gasteiger partial charge in [0, 0.05) is 32.2 Å². The zero-order valence-electron chi connectivity index (χ0n) is 11.3. The van der Waals surface area contributed by atoms with Crippen molar-refractivity contribution >= 4 is 17.1 Å². The molecular weight excluding hydrogens is 250 g/mol. The van der Waals surface area contributed by atoms with E-state index in [0.717, 1.165) is 18.0 Å². The van der Waals surface area contributed by atoms with Crippen molar-refractivity contribution in [3.8, 4) is 0 Å². The van der Waals surface area contributed by atoms with Crippen molar-refractivity contribution in [3.63, 3.8) is 0 Å². The molecule has 0 radical (unpaired) electrons. The van der Waals surface area contributed by atoms with Gasteiger partial charge in [0.1, 0.15) is 0 Å². The quantitative estimate of drug-likeness (QED) is 0.642. The van der Waals surface area contributed by atoms with Gasteiger partial charge < -0.3 is 9.47 Å². The summed E-state index contributed by atoms with van der Waals surface area (Å²) in [6.45, 7) is 5.18. The maximum Gasteiger partial charge on any atom is 0.186 e. The minimum absolute atomic E-state index is 0.167. The molecule has 0 saturated heterocycles. The van der Waals surface area contributed by atoms with Gasteiger partial charge in [-0.3, -0.25) is 9.69 Å². The predicted octanol–water partition coefficient (Wildman–Crippen LogP) is 1.83. The number of nitrogens with zero attached hydrogens (tertiary/aromatic N) is 1. The zero-order chi connectivity index (χ0) is 13.4. The number of carbonyl (C=O) groups is 1. The summed E-state index contributed by atoms with van der Waals surface area (Å²) in [6.07, 6.45) is 0. The molecule has 0 saturated carbocycles. The van der Waals surface area contributed by atoms with Gasteiger partial charge in [-0.15, -0.1) is 11.3 Å². The third kappa shape index (κ3) is 5.27. The lowest BCUT2D eigenvalue weighted by Gasteiger charge is -2.20. The van der Waals surface area contributed by atoms with Gasteiger partial charge in [0.15, 0.2) is 5.78 Å². The summed E-state index contributed by atoms with van der Waals surface area (Å²) in [5, 5.41) is 0. The maximum atomic E-state index is 12.1. The number of aryl methyl sites for hydroxylation is 1. The molecule has 0 spiro atoms. The Hall–Kier alpha value is -0.750. The van der Waals surface area contributed by atoms with Crippen LogP contribution in [0.15, 0.2) is 12.1 Å². The second kappa shape index (κ2) is 8.37. The Morgan fingerprint density at radius 2 is 1.83 bits per heavy atom. The standard InChI is InChI=1S/C13H21NO3S/c1-11-4-5-13(18-11)12(15)10-14(6-8-16-2)7-9-17-3/h4-5H,6-10H2,1-3H3. The third-order valence-corrected chi connectivity index (χ3v) is 3.65. The van der Waals surface area contributed by atoms with Crippen LogP contribution in [0.1, 0.15) is 14.5 Å². The molecule has 0 atom stereocenters. The number of rotatable bonds is 9. The zero-order valence-corrected chi connectivity index (χ0v) is 12.1. The highest BCUT2D eigenvalue weighted by atomic mass is 32.1. The summed E-state index contributed by atoms with van der Waals surface area (Å²) < 4.78 is 10.1. The molecule has 1 rings (SSSR count). The minimum Gasteiger partial charge on any atom is -0.383 e. The fourth-order valence-electron chi connectivity index (χ4n) is 1.58. The molecule has 4 nitrogen and oxygen atoms in total. The molecule has 1 aromatic heterocycles. The highest BCUT2D eigenvalue weighted by molar-refractivity contribution is 7.14. The fourth-order valence-corrected chi connectivity index (χ4v) is 2.37. The van der Waals surface area contributed by atoms with Gasteiger partial charge in [0.25, 0.3) is 0 Å². The van der Waals surface area contributed by atoms with Crippen molar-refractivity contribution < 1.29 is 14.3 Å². The molecule has 5 heteroatoms. The van der Waals surface area contributed by atoms with Gasteiger partial charge in [0.05, 0.1) is 24.6 Å². The summed E-state index contributed by atoms with van der Waals surface area (Å²) in [4.78, 5) is 16.1. The molecule has 102 valence electrons. The van der Waals surface area contributed by atoms with E-state index in [2.05, 4.69) is 4.90 Å². The van der Waals surface area contributed by atoms with Crippen LogP contribution in [0.2, 0.25) is 0 Å². The van der Waals surface area contributed by atoms with Crippen LogP contribution >= 0.6 is 11.3 Å². The molecule has 0 aliphatic heterocycles. The maximum absolute atomic E-state index is 12.1. The molecule has 0 fully saturated rings. The molecule has 0 aliphatic carbocycles. The third-order valence-electron chi connectivity index (χ3n) is 2.61. The summed E-state index contributed by atoms with van der Waals surface area (Å²) in [7, 11) is 3.33. The Morgan fingerprint density at radius 1 is 1.22 bits per heavy atom. The molecule has 1 aromatic rings. The van der Waals surface area contributed by atoms with E-state index in [-0.39, 0.29) is 5.78 Å². The van der Waals surface area contributed by atoms with Gasteiger partial charge in [-0.25, -0.2) is 0 Å². The molecule has 0 amide bonds. The van der Waals surface area contributed by atoms with E-state index in [1.165, 1.54) is 4.88 Å². The van der Waals surface area contributed by atoms with E-state index in [9.17, 15) is 4.79 Å². The number of methoxy groups -OCH3 is 2. The lowest BCUT2D eigenvalue weighted by Crippen LogP contribution is -2.35. The van der Waals surface area contributed by atoms with Gasteiger partial charge in [0.2, 0.25) is 0 Å². The number of Topliss-reactive ketones (excluding diaryl/α,β-unsaturated/α-hetero) is 1. The molecule has 1 heterocycles. The minimum atomic E-state index is 0.167. The van der Waals surface area contributed by atoms with Crippen molar-refractivity contribution in [1.82, 2.24) is 4.90 Å². The van der Waals surface area contributed by atoms with Crippen LogP contribution in [0, 0.1) is 6.92 Å². The monoisotopic (exact) mass is 271 g/mol. The van der Waals surface area contributed by atoms with Crippen molar-refractivity contribution in [3.05, 3.63) is 21.9 Å². The van der Waals surface area contributed by atoms with E-state index >= 15 is 0 Å². The second-order valence-electron chi connectivity index (χ2n) is 4.10. The highest BCUT2D eigenvalue weighted by Gasteiger charge is 2.13. The second-order valence-corrected chi connectivity index (χ2v) is 5.38. The predicted molar refractivity (Wildman–Crippen MR) is 73.6 cm³/mol. The average molecular weight is 271 g/mol. The van der Waals surface area contributed by atoms with Crippen LogP contribution in [0.5, 0.6) is 0 Å². The van der Waals surface area contributed by atoms with Crippen molar-refractivity contribution in [2.24, 2.45) is 0 Å². The Bertz CT molecular complexity index is 357. The fraction of sp³-hybridized carbons (Fsp3) is 0.615. The first-order chi connectivity index (χ1) is 8.67. The summed E-state index contributed by atoms with van der Waals surface area (Å²) in [5.41, 5.74) is 0. The van der Waals surface area contributed by atoms with E-state index < -0.39 is 0 Å². The summed E-state index contributed by atoms with van der Waals surface area (Å²) in [6, 6.07) is 3.87. The van der Waals surface area contributed by atoms with Crippen LogP contribution in [0.25, 0.3) is 0 Å². The van der Waals surface area contributed by atoms with E-state index in [1.807, 2.05) is 19.1 Å². The molecule has 0 N–H and O–H groups in total. The first kappa shape index (κ1) is 15.3. The normalized spacial score (nSPS) is 11.1. The molecule has 0 unspecified atom stereocenters. The average Bonchev–Trinajstić information content (AvgIpc) is 2.79. The molecule has 0 bridgehead atoms. The Kier molecular flexibility index (Phi) is 7.12. The van der Waals surface area contributed by atoms with Crippen molar-refractivity contribution in [2.75, 3.05) is 47.1 Å². The lowest BCUT2D eigenvalue weighted by atomic mass is 10.3. The number of ketones is 1. The van der Waals surface area contributed by atoms with Crippen LogP contribution in [0.3, 0.4) is 0 Å². The number of ether oxygens (including phenoxy) is 2. The van der Waals surface area contributed by atoms with Crippen LogP contribution in [-0.2, 0) is 9.47 Å². The summed E-state index contributed by atoms with van der Waals surface area (Å²) in [5.74, 6) is 0.167. The first-order valence-corrected chi connectivity index (χ1v) is 6.79.